The van der Waals surface area contributed by atoms with Crippen molar-refractivity contribution in [3.05, 3.63) is 59.7 Å². The van der Waals surface area contributed by atoms with Gasteiger partial charge in [0.2, 0.25) is 0 Å². The van der Waals surface area contributed by atoms with Crippen molar-refractivity contribution in [1.29, 1.82) is 0 Å². The fourth-order valence-corrected chi connectivity index (χ4v) is 1.82. The largest absolute Gasteiger partial charge is 0.417 e. The van der Waals surface area contributed by atoms with Crippen molar-refractivity contribution in [2.24, 2.45) is 5.73 Å². The minimum absolute atomic E-state index is 0.369. The van der Waals surface area contributed by atoms with Gasteiger partial charge in [-0.25, -0.2) is 4.79 Å². The van der Waals surface area contributed by atoms with Crippen LogP contribution >= 0.6 is 0 Å². The Morgan fingerprint density at radius 2 is 1.89 bits per heavy atom. The molecular formula is C15H16N2O2. The Morgan fingerprint density at radius 3 is 2.58 bits per heavy atom. The minimum Gasteiger partial charge on any atom is -0.410 e. The predicted molar refractivity (Wildman–Crippen MR) is 75.2 cm³/mol. The van der Waals surface area contributed by atoms with Crippen molar-refractivity contribution >= 4 is 11.8 Å². The van der Waals surface area contributed by atoms with Crippen molar-refractivity contribution in [2.45, 2.75) is 13.5 Å². The summed E-state index contributed by atoms with van der Waals surface area (Å²) in [6.07, 6.45) is -0.522. The van der Waals surface area contributed by atoms with Crippen molar-refractivity contribution in [3.63, 3.8) is 0 Å². The van der Waals surface area contributed by atoms with E-state index in [1.54, 1.807) is 30.3 Å². The summed E-state index contributed by atoms with van der Waals surface area (Å²) in [4.78, 5) is 11.8. The lowest BCUT2D eigenvalue weighted by molar-refractivity contribution is 0.215. The van der Waals surface area contributed by atoms with Crippen LogP contribution in [-0.2, 0) is 6.54 Å². The number of nitrogens with one attached hydrogen (secondary N) is 1. The van der Waals surface area contributed by atoms with Crippen molar-refractivity contribution in [2.75, 3.05) is 5.32 Å². The number of carbonyl (C=O) groups excluding carboxylic acids is 1. The van der Waals surface area contributed by atoms with E-state index >= 15 is 0 Å². The van der Waals surface area contributed by atoms with Gasteiger partial charge in [0.25, 0.3) is 0 Å². The fraction of sp³-hybridized carbons (Fsp3) is 0.133. The topological polar surface area (TPSA) is 64.3 Å². The molecule has 0 radical (unpaired) electrons. The average Bonchev–Trinajstić information content (AvgIpc) is 2.40. The summed E-state index contributed by atoms with van der Waals surface area (Å²) in [5, 5.41) is 2.71. The molecule has 0 unspecified atom stereocenters. The molecule has 2 aromatic carbocycles. The van der Waals surface area contributed by atoms with Crippen LogP contribution in [0.5, 0.6) is 5.75 Å². The second-order valence-electron chi connectivity index (χ2n) is 4.13. The van der Waals surface area contributed by atoms with E-state index in [2.05, 4.69) is 5.32 Å². The Balaban J connectivity index is 2.09. The summed E-state index contributed by atoms with van der Waals surface area (Å²) in [5.74, 6) is 0.502. The van der Waals surface area contributed by atoms with E-state index in [9.17, 15) is 4.79 Å². The normalized spacial score (nSPS) is 10.0. The summed E-state index contributed by atoms with van der Waals surface area (Å²) in [7, 11) is 0. The number of anilines is 1. The molecule has 1 amide bonds. The Morgan fingerprint density at radius 1 is 1.16 bits per heavy atom. The molecule has 3 N–H and O–H groups in total. The SMILES string of the molecule is Cc1cccc(NC(=O)Oc2ccccc2)c1CN. The standard InChI is InChI=1S/C15H16N2O2/c1-11-6-5-9-14(13(11)10-16)17-15(18)19-12-7-3-2-4-8-12/h2-9H,10,16H2,1H3,(H,17,18). The highest BCUT2D eigenvalue weighted by Crippen LogP contribution is 2.19. The van der Waals surface area contributed by atoms with Crippen molar-refractivity contribution < 1.29 is 9.53 Å². The van der Waals surface area contributed by atoms with E-state index in [1.807, 2.05) is 25.1 Å². The second-order valence-corrected chi connectivity index (χ2v) is 4.13. The maximum absolute atomic E-state index is 11.8. The third-order valence-corrected chi connectivity index (χ3v) is 2.80. The number of hydrogen-bond donors (Lipinski definition) is 2. The molecule has 2 rings (SSSR count). The van der Waals surface area contributed by atoms with Crippen LogP contribution in [0.3, 0.4) is 0 Å². The summed E-state index contributed by atoms with van der Waals surface area (Å²) >= 11 is 0. The average molecular weight is 256 g/mol. The number of nitrogens with two attached hydrogens (primary N) is 1. The second kappa shape index (κ2) is 6.02. The summed E-state index contributed by atoms with van der Waals surface area (Å²) in [6, 6.07) is 14.5. The number of benzene rings is 2. The Bertz CT molecular complexity index is 568. The van der Waals surface area contributed by atoms with Gasteiger partial charge in [-0.1, -0.05) is 30.3 Å². The van der Waals surface area contributed by atoms with E-state index in [1.165, 1.54) is 0 Å². The number of para-hydroxylation sites is 1. The highest BCUT2D eigenvalue weighted by Gasteiger charge is 2.09. The zero-order valence-corrected chi connectivity index (χ0v) is 10.7. The van der Waals surface area contributed by atoms with Gasteiger partial charge >= 0.3 is 6.09 Å². The third kappa shape index (κ3) is 3.33. The van der Waals surface area contributed by atoms with Crippen LogP contribution in [0.1, 0.15) is 11.1 Å². The molecule has 0 saturated heterocycles. The van der Waals surface area contributed by atoms with Gasteiger partial charge in [0.15, 0.2) is 0 Å². The number of ether oxygens (including phenoxy) is 1. The number of aryl methyl sites for hydroxylation is 1. The van der Waals surface area contributed by atoms with Crippen LogP contribution in [0.2, 0.25) is 0 Å². The molecule has 0 heterocycles. The van der Waals surface area contributed by atoms with E-state index in [-0.39, 0.29) is 0 Å². The number of amides is 1. The molecule has 98 valence electrons. The predicted octanol–water partition coefficient (Wildman–Crippen LogP) is 3.06. The first-order valence-electron chi connectivity index (χ1n) is 6.03. The van der Waals surface area contributed by atoms with Gasteiger partial charge in [-0.15, -0.1) is 0 Å². The molecule has 0 aliphatic rings. The lowest BCUT2D eigenvalue weighted by Gasteiger charge is -2.12. The van der Waals surface area contributed by atoms with Gasteiger partial charge < -0.3 is 10.5 Å². The Kier molecular flexibility index (Phi) is 4.15. The third-order valence-electron chi connectivity index (χ3n) is 2.80. The fourth-order valence-electron chi connectivity index (χ4n) is 1.82. The molecule has 0 saturated carbocycles. The molecule has 0 fully saturated rings. The maximum Gasteiger partial charge on any atom is 0.417 e. The monoisotopic (exact) mass is 256 g/mol. The van der Waals surface area contributed by atoms with Crippen LogP contribution in [0.25, 0.3) is 0 Å². The molecule has 0 bridgehead atoms. The Hall–Kier alpha value is -2.33. The van der Waals surface area contributed by atoms with Gasteiger partial charge in [0, 0.05) is 12.2 Å². The van der Waals surface area contributed by atoms with E-state index < -0.39 is 6.09 Å². The van der Waals surface area contributed by atoms with Crippen LogP contribution in [0, 0.1) is 6.92 Å². The van der Waals surface area contributed by atoms with E-state index in [0.29, 0.717) is 18.0 Å². The first-order valence-corrected chi connectivity index (χ1v) is 6.03. The van der Waals surface area contributed by atoms with Crippen LogP contribution in [0.4, 0.5) is 10.5 Å². The molecule has 0 atom stereocenters. The van der Waals surface area contributed by atoms with E-state index in [4.69, 9.17) is 10.5 Å². The molecule has 4 heteroatoms. The minimum atomic E-state index is -0.522. The van der Waals surface area contributed by atoms with Crippen LogP contribution < -0.4 is 15.8 Å². The van der Waals surface area contributed by atoms with Crippen molar-refractivity contribution in [1.82, 2.24) is 0 Å². The molecule has 19 heavy (non-hydrogen) atoms. The van der Waals surface area contributed by atoms with E-state index in [0.717, 1.165) is 11.1 Å². The van der Waals surface area contributed by atoms with Gasteiger partial charge in [-0.2, -0.15) is 0 Å². The summed E-state index contributed by atoms with van der Waals surface area (Å²) < 4.78 is 5.17. The smallest absolute Gasteiger partial charge is 0.410 e. The number of rotatable bonds is 3. The van der Waals surface area contributed by atoms with Gasteiger partial charge in [-0.3, -0.25) is 5.32 Å². The highest BCUT2D eigenvalue weighted by atomic mass is 16.6. The Labute approximate surface area is 112 Å². The van der Waals surface area contributed by atoms with Crippen LogP contribution in [-0.4, -0.2) is 6.09 Å². The molecule has 4 nitrogen and oxygen atoms in total. The zero-order chi connectivity index (χ0) is 13.7. The number of hydrogen-bond acceptors (Lipinski definition) is 3. The maximum atomic E-state index is 11.8. The quantitative estimate of drug-likeness (QED) is 0.887. The first-order chi connectivity index (χ1) is 9.20. The van der Waals surface area contributed by atoms with Crippen LogP contribution in [0.15, 0.2) is 48.5 Å². The molecule has 0 aromatic heterocycles. The highest BCUT2D eigenvalue weighted by molar-refractivity contribution is 5.87. The zero-order valence-electron chi connectivity index (χ0n) is 10.7. The van der Waals surface area contributed by atoms with Gasteiger partial charge in [0.05, 0.1) is 0 Å². The molecule has 0 aliphatic heterocycles. The molecule has 2 aromatic rings. The number of carbonyl (C=O) groups is 1. The van der Waals surface area contributed by atoms with Gasteiger partial charge in [0.1, 0.15) is 5.75 Å². The lowest BCUT2D eigenvalue weighted by Crippen LogP contribution is -2.18. The van der Waals surface area contributed by atoms with Crippen molar-refractivity contribution in [3.8, 4) is 5.75 Å². The molecule has 0 spiro atoms. The first kappa shape index (κ1) is 13.1. The molecule has 0 aliphatic carbocycles. The summed E-state index contributed by atoms with van der Waals surface area (Å²) in [5.41, 5.74) is 8.32. The molecular weight excluding hydrogens is 240 g/mol. The van der Waals surface area contributed by atoms with Gasteiger partial charge in [-0.05, 0) is 36.2 Å². The lowest BCUT2D eigenvalue weighted by atomic mass is 10.1. The summed E-state index contributed by atoms with van der Waals surface area (Å²) in [6.45, 7) is 2.32.